The van der Waals surface area contributed by atoms with Crippen molar-refractivity contribution in [1.29, 1.82) is 0 Å². The molecule has 0 aliphatic heterocycles. The summed E-state index contributed by atoms with van der Waals surface area (Å²) in [5.74, 6) is 2.84. The Labute approximate surface area is 156 Å². The van der Waals surface area contributed by atoms with Crippen molar-refractivity contribution in [3.8, 4) is 11.4 Å². The fourth-order valence-corrected chi connectivity index (χ4v) is 3.29. The number of thioether (sulfide) groups is 1. The Morgan fingerprint density at radius 1 is 1.35 bits per heavy atom. The molecule has 138 valence electrons. The maximum Gasteiger partial charge on any atom is 0.239 e. The molecule has 7 nitrogen and oxygen atoms in total. The van der Waals surface area contributed by atoms with Crippen LogP contribution in [0.4, 0.5) is 0 Å². The molecular weight excluding hydrogens is 350 g/mol. The fourth-order valence-electron chi connectivity index (χ4n) is 2.40. The molecule has 3 rings (SSSR count). The number of hydrogen-bond acceptors (Lipinski definition) is 7. The molecular formula is C18H23N5O2S. The van der Waals surface area contributed by atoms with Gasteiger partial charge in [0.15, 0.2) is 16.8 Å². The molecule has 26 heavy (non-hydrogen) atoms. The van der Waals surface area contributed by atoms with Gasteiger partial charge in [0.05, 0.1) is 17.1 Å². The molecule has 0 N–H and O–H groups in total. The Kier molecular flexibility index (Phi) is 5.04. The second kappa shape index (κ2) is 7.11. The molecule has 0 spiro atoms. The molecule has 8 heteroatoms. The molecule has 0 aliphatic rings. The molecule has 3 aromatic rings. The summed E-state index contributed by atoms with van der Waals surface area (Å²) in [6, 6.07) is 1.89. The number of furan rings is 1. The molecule has 3 aromatic heterocycles. The molecule has 0 aliphatic carbocycles. The van der Waals surface area contributed by atoms with E-state index in [9.17, 15) is 0 Å². The van der Waals surface area contributed by atoms with Crippen LogP contribution in [0.15, 0.2) is 39.1 Å². The van der Waals surface area contributed by atoms with E-state index in [0.717, 1.165) is 22.3 Å². The van der Waals surface area contributed by atoms with Crippen LogP contribution >= 0.6 is 11.8 Å². The number of nitrogens with zero attached hydrogens (tertiary/aromatic N) is 5. The van der Waals surface area contributed by atoms with E-state index in [-0.39, 0.29) is 10.7 Å². The van der Waals surface area contributed by atoms with Crippen molar-refractivity contribution < 1.29 is 8.94 Å². The molecule has 0 bridgehead atoms. The maximum atomic E-state index is 5.45. The summed E-state index contributed by atoms with van der Waals surface area (Å²) in [6.07, 6.45) is 3.47. The van der Waals surface area contributed by atoms with E-state index >= 15 is 0 Å². The summed E-state index contributed by atoms with van der Waals surface area (Å²) in [6.45, 7) is 14.5. The van der Waals surface area contributed by atoms with Crippen LogP contribution in [0.5, 0.6) is 0 Å². The molecule has 0 fully saturated rings. The highest BCUT2D eigenvalue weighted by Gasteiger charge is 2.25. The predicted octanol–water partition coefficient (Wildman–Crippen LogP) is 4.57. The number of rotatable bonds is 6. The number of aryl methyl sites for hydroxylation is 1. The minimum Gasteiger partial charge on any atom is -0.469 e. The Morgan fingerprint density at radius 3 is 2.69 bits per heavy atom. The Hall–Kier alpha value is -2.35. The van der Waals surface area contributed by atoms with Crippen LogP contribution in [0.3, 0.4) is 0 Å². The normalized spacial score (nSPS) is 13.1. The minimum absolute atomic E-state index is 0.0512. The van der Waals surface area contributed by atoms with Crippen molar-refractivity contribution in [2.75, 3.05) is 0 Å². The largest absolute Gasteiger partial charge is 0.469 e. The third-order valence-corrected chi connectivity index (χ3v) is 4.94. The van der Waals surface area contributed by atoms with Crippen LogP contribution < -0.4 is 0 Å². The van der Waals surface area contributed by atoms with Gasteiger partial charge in [-0.05, 0) is 19.9 Å². The summed E-state index contributed by atoms with van der Waals surface area (Å²) in [5, 5.41) is 13.5. The first-order valence-electron chi connectivity index (χ1n) is 8.40. The topological polar surface area (TPSA) is 82.8 Å². The highest BCUT2D eigenvalue weighted by Crippen LogP contribution is 2.36. The van der Waals surface area contributed by atoms with E-state index in [1.54, 1.807) is 6.26 Å². The van der Waals surface area contributed by atoms with Crippen molar-refractivity contribution in [1.82, 2.24) is 24.9 Å². The van der Waals surface area contributed by atoms with E-state index < -0.39 is 0 Å². The third kappa shape index (κ3) is 3.60. The summed E-state index contributed by atoms with van der Waals surface area (Å²) >= 11 is 1.53. The van der Waals surface area contributed by atoms with E-state index in [1.807, 2.05) is 30.6 Å². The summed E-state index contributed by atoms with van der Waals surface area (Å²) < 4.78 is 12.9. The molecule has 0 radical (unpaired) electrons. The molecule has 0 saturated heterocycles. The smallest absolute Gasteiger partial charge is 0.239 e. The van der Waals surface area contributed by atoms with Gasteiger partial charge in [-0.1, -0.05) is 43.8 Å². The van der Waals surface area contributed by atoms with E-state index in [0.29, 0.717) is 18.3 Å². The van der Waals surface area contributed by atoms with Gasteiger partial charge in [-0.25, -0.2) is 0 Å². The molecule has 0 amide bonds. The van der Waals surface area contributed by atoms with Gasteiger partial charge in [-0.15, -0.1) is 16.8 Å². The van der Waals surface area contributed by atoms with E-state index in [2.05, 4.69) is 47.7 Å². The standard InChI is InChI=1S/C18H23N5O2S/c1-7-9-23-14(13-8-10-24-11(13)2)20-21-17(23)26-12(3)15-19-16(22-25-15)18(4,5)6/h7-8,10,12H,1,9H2,2-6H3. The highest BCUT2D eigenvalue weighted by molar-refractivity contribution is 7.99. The minimum atomic E-state index is -0.152. The summed E-state index contributed by atoms with van der Waals surface area (Å²) in [7, 11) is 0. The van der Waals surface area contributed by atoms with Crippen molar-refractivity contribution in [2.45, 2.75) is 57.0 Å². The van der Waals surface area contributed by atoms with Gasteiger partial charge in [-0.3, -0.25) is 4.57 Å². The van der Waals surface area contributed by atoms with Crippen LogP contribution in [0.25, 0.3) is 11.4 Å². The maximum absolute atomic E-state index is 5.45. The SMILES string of the molecule is C=CCn1c(SC(C)c2nc(C(C)(C)C)no2)nnc1-c1ccoc1C. The summed E-state index contributed by atoms with van der Waals surface area (Å²) in [4.78, 5) is 4.53. The molecule has 1 atom stereocenters. The second-order valence-electron chi connectivity index (χ2n) is 7.06. The Bertz CT molecular complexity index is 903. The predicted molar refractivity (Wildman–Crippen MR) is 99.9 cm³/mol. The van der Waals surface area contributed by atoms with Crippen LogP contribution in [-0.4, -0.2) is 24.9 Å². The van der Waals surface area contributed by atoms with Crippen molar-refractivity contribution >= 4 is 11.8 Å². The molecule has 0 aromatic carbocycles. The van der Waals surface area contributed by atoms with E-state index in [4.69, 9.17) is 8.94 Å². The number of allylic oxidation sites excluding steroid dienone is 1. The Balaban J connectivity index is 1.88. The first kappa shape index (κ1) is 18.4. The first-order chi connectivity index (χ1) is 12.3. The first-order valence-corrected chi connectivity index (χ1v) is 9.28. The van der Waals surface area contributed by atoms with Gasteiger partial charge in [0, 0.05) is 12.0 Å². The van der Waals surface area contributed by atoms with Gasteiger partial charge < -0.3 is 8.94 Å². The van der Waals surface area contributed by atoms with Crippen LogP contribution in [0, 0.1) is 6.92 Å². The van der Waals surface area contributed by atoms with Crippen molar-refractivity contribution in [3.05, 3.63) is 42.5 Å². The molecule has 3 heterocycles. The van der Waals surface area contributed by atoms with Crippen LogP contribution in [-0.2, 0) is 12.0 Å². The quantitative estimate of drug-likeness (QED) is 0.462. The highest BCUT2D eigenvalue weighted by atomic mass is 32.2. The third-order valence-electron chi connectivity index (χ3n) is 3.87. The zero-order valence-electron chi connectivity index (χ0n) is 15.7. The average molecular weight is 373 g/mol. The van der Waals surface area contributed by atoms with Crippen molar-refractivity contribution in [3.63, 3.8) is 0 Å². The Morgan fingerprint density at radius 2 is 2.12 bits per heavy atom. The monoisotopic (exact) mass is 373 g/mol. The van der Waals surface area contributed by atoms with E-state index in [1.165, 1.54) is 11.8 Å². The van der Waals surface area contributed by atoms with Gasteiger partial charge in [-0.2, -0.15) is 4.98 Å². The summed E-state index contributed by atoms with van der Waals surface area (Å²) in [5.41, 5.74) is 0.771. The zero-order chi connectivity index (χ0) is 18.9. The zero-order valence-corrected chi connectivity index (χ0v) is 16.5. The molecule has 0 saturated carbocycles. The van der Waals surface area contributed by atoms with Gasteiger partial charge >= 0.3 is 0 Å². The lowest BCUT2D eigenvalue weighted by Gasteiger charge is -2.11. The van der Waals surface area contributed by atoms with Crippen LogP contribution in [0.2, 0.25) is 0 Å². The molecule has 1 unspecified atom stereocenters. The number of hydrogen-bond donors (Lipinski definition) is 0. The van der Waals surface area contributed by atoms with Crippen LogP contribution in [0.1, 0.15) is 50.4 Å². The second-order valence-corrected chi connectivity index (χ2v) is 8.37. The lowest BCUT2D eigenvalue weighted by Crippen LogP contribution is -2.13. The number of aromatic nitrogens is 5. The van der Waals surface area contributed by atoms with Gasteiger partial charge in [0.2, 0.25) is 5.89 Å². The average Bonchev–Trinajstić information content (AvgIpc) is 3.28. The lowest BCUT2D eigenvalue weighted by atomic mass is 9.96. The van der Waals surface area contributed by atoms with Gasteiger partial charge in [0.25, 0.3) is 0 Å². The fraction of sp³-hybridized carbons (Fsp3) is 0.444. The van der Waals surface area contributed by atoms with Gasteiger partial charge in [0.1, 0.15) is 5.76 Å². The lowest BCUT2D eigenvalue weighted by molar-refractivity contribution is 0.364. The van der Waals surface area contributed by atoms with Crippen molar-refractivity contribution in [2.24, 2.45) is 0 Å².